The smallest absolute Gasteiger partial charge is 0.331 e. The van der Waals surface area contributed by atoms with Crippen molar-refractivity contribution in [2.45, 2.75) is 13.3 Å². The van der Waals surface area contributed by atoms with Crippen molar-refractivity contribution in [3.05, 3.63) is 66.4 Å². The Kier molecular flexibility index (Phi) is 5.18. The summed E-state index contributed by atoms with van der Waals surface area (Å²) in [5, 5.41) is 0. The summed E-state index contributed by atoms with van der Waals surface area (Å²) in [7, 11) is 3.10. The lowest BCUT2D eigenvalue weighted by atomic mass is 9.89. The second-order valence-corrected chi connectivity index (χ2v) is 7.07. The molecule has 1 saturated heterocycles. The van der Waals surface area contributed by atoms with Gasteiger partial charge < -0.3 is 4.74 Å². The molecule has 0 saturated carbocycles. The van der Waals surface area contributed by atoms with Gasteiger partial charge in [-0.3, -0.25) is 19.6 Å². The Morgan fingerprint density at radius 1 is 0.967 bits per heavy atom. The molecule has 0 aliphatic carbocycles. The molecule has 2 aromatic rings. The molecule has 2 heterocycles. The number of hydrogen-bond donors (Lipinski definition) is 0. The molecule has 4 rings (SSSR count). The first-order chi connectivity index (χ1) is 14.5. The van der Waals surface area contributed by atoms with Gasteiger partial charge in [0.1, 0.15) is 23.3 Å². The highest BCUT2D eigenvalue weighted by atomic mass is 16.5. The predicted molar refractivity (Wildman–Crippen MR) is 115 cm³/mol. The molecule has 0 spiro atoms. The van der Waals surface area contributed by atoms with Gasteiger partial charge in [-0.05, 0) is 48.4 Å². The number of imide groups is 1. The molecule has 7 heteroatoms. The summed E-state index contributed by atoms with van der Waals surface area (Å²) in [5.74, 6) is 0.838. The van der Waals surface area contributed by atoms with Gasteiger partial charge in [0.2, 0.25) is 5.91 Å². The third kappa shape index (κ3) is 3.50. The van der Waals surface area contributed by atoms with Crippen molar-refractivity contribution in [2.24, 2.45) is 15.9 Å². The van der Waals surface area contributed by atoms with Crippen molar-refractivity contribution in [3.8, 4) is 11.5 Å². The molecule has 2 aliphatic heterocycles. The quantitative estimate of drug-likeness (QED) is 0.761. The van der Waals surface area contributed by atoms with Crippen LogP contribution in [0.1, 0.15) is 13.3 Å². The number of carbonyl (C=O) groups excluding carboxylic acids is 2. The van der Waals surface area contributed by atoms with Gasteiger partial charge in [-0.25, -0.2) is 9.79 Å². The lowest BCUT2D eigenvalue weighted by Crippen LogP contribution is -2.59. The summed E-state index contributed by atoms with van der Waals surface area (Å²) in [4.78, 5) is 36.9. The summed E-state index contributed by atoms with van der Waals surface area (Å²) in [6.07, 6.45) is 2.37. The number of carbonyl (C=O) groups is 2. The van der Waals surface area contributed by atoms with E-state index in [1.807, 2.05) is 61.5 Å². The van der Waals surface area contributed by atoms with Gasteiger partial charge in [-0.2, -0.15) is 0 Å². The molecular formula is C23H22N4O3. The number of para-hydroxylation sites is 1. The minimum absolute atomic E-state index is 0.321. The molecule has 2 aromatic carbocycles. The van der Waals surface area contributed by atoms with Crippen molar-refractivity contribution < 1.29 is 14.3 Å². The van der Waals surface area contributed by atoms with Gasteiger partial charge in [0.05, 0.1) is 11.4 Å². The number of ether oxygens (including phenoxy) is 1. The van der Waals surface area contributed by atoms with Crippen molar-refractivity contribution in [1.29, 1.82) is 0 Å². The summed E-state index contributed by atoms with van der Waals surface area (Å²) in [5.41, 5.74) is 2.19. The van der Waals surface area contributed by atoms with E-state index in [1.54, 1.807) is 13.2 Å². The van der Waals surface area contributed by atoms with Gasteiger partial charge in [0.25, 0.3) is 0 Å². The van der Waals surface area contributed by atoms with Crippen LogP contribution in [0.4, 0.5) is 10.5 Å². The van der Waals surface area contributed by atoms with Crippen LogP contribution in [0.2, 0.25) is 0 Å². The second kappa shape index (κ2) is 7.94. The molecule has 152 valence electrons. The average Bonchev–Trinajstić information content (AvgIpc) is 2.78. The Labute approximate surface area is 175 Å². The molecular weight excluding hydrogens is 380 g/mol. The van der Waals surface area contributed by atoms with E-state index < -0.39 is 11.9 Å². The molecule has 1 unspecified atom stereocenters. The van der Waals surface area contributed by atoms with Crippen LogP contribution in [0.25, 0.3) is 0 Å². The predicted octanol–water partition coefficient (Wildman–Crippen LogP) is 4.40. The second-order valence-electron chi connectivity index (χ2n) is 7.07. The molecule has 2 aliphatic rings. The number of urea groups is 1. The van der Waals surface area contributed by atoms with Crippen LogP contribution in [0, 0.1) is 5.92 Å². The minimum atomic E-state index is -0.696. The molecule has 0 radical (unpaired) electrons. The summed E-state index contributed by atoms with van der Waals surface area (Å²) in [6, 6.07) is 16.5. The lowest BCUT2D eigenvalue weighted by Gasteiger charge is -2.37. The van der Waals surface area contributed by atoms with Gasteiger partial charge in [-0.15, -0.1) is 0 Å². The number of fused-ring (bicyclic) bond motifs is 1. The standard InChI is InChI=1S/C23H22N4O3/c1-4-15-14-24-21-19(22(28)27(3)23(29)26(21)2)20(15)25-16-10-12-18(13-11-16)30-17-8-6-5-7-9-17/h5-14,19H,4H2,1-3H3. The van der Waals surface area contributed by atoms with E-state index in [4.69, 9.17) is 9.73 Å². The fourth-order valence-corrected chi connectivity index (χ4v) is 3.47. The molecule has 3 amide bonds. The highest BCUT2D eigenvalue weighted by Gasteiger charge is 2.45. The van der Waals surface area contributed by atoms with Crippen LogP contribution < -0.4 is 4.74 Å². The van der Waals surface area contributed by atoms with Crippen LogP contribution in [0.15, 0.2) is 76.4 Å². The van der Waals surface area contributed by atoms with Crippen molar-refractivity contribution in [2.75, 3.05) is 14.1 Å². The Bertz CT molecular complexity index is 1070. The minimum Gasteiger partial charge on any atom is -0.457 e. The molecule has 7 nitrogen and oxygen atoms in total. The van der Waals surface area contributed by atoms with Gasteiger partial charge in [0.15, 0.2) is 0 Å². The van der Waals surface area contributed by atoms with E-state index in [2.05, 4.69) is 4.99 Å². The Hall–Kier alpha value is -3.74. The van der Waals surface area contributed by atoms with E-state index in [0.717, 1.165) is 16.2 Å². The third-order valence-corrected chi connectivity index (χ3v) is 5.15. The van der Waals surface area contributed by atoms with Crippen LogP contribution >= 0.6 is 0 Å². The molecule has 1 atom stereocenters. The number of amidine groups is 1. The fourth-order valence-electron chi connectivity index (χ4n) is 3.47. The van der Waals surface area contributed by atoms with Crippen LogP contribution in [0.3, 0.4) is 0 Å². The highest BCUT2D eigenvalue weighted by Crippen LogP contribution is 2.30. The number of amides is 3. The number of nitrogens with zero attached hydrogens (tertiary/aromatic N) is 4. The molecule has 0 N–H and O–H groups in total. The first-order valence-corrected chi connectivity index (χ1v) is 9.73. The summed E-state index contributed by atoms with van der Waals surface area (Å²) in [6.45, 7) is 1.99. The third-order valence-electron chi connectivity index (χ3n) is 5.15. The topological polar surface area (TPSA) is 74.6 Å². The highest BCUT2D eigenvalue weighted by molar-refractivity contribution is 6.33. The zero-order chi connectivity index (χ0) is 21.3. The largest absolute Gasteiger partial charge is 0.457 e. The fraction of sp³-hybridized carbons (Fsp3) is 0.217. The van der Waals surface area contributed by atoms with Crippen molar-refractivity contribution >= 4 is 29.2 Å². The van der Waals surface area contributed by atoms with Gasteiger partial charge in [-0.1, -0.05) is 25.1 Å². The monoisotopic (exact) mass is 402 g/mol. The van der Waals surface area contributed by atoms with Crippen LogP contribution in [-0.4, -0.2) is 47.4 Å². The summed E-state index contributed by atoms with van der Waals surface area (Å²) >= 11 is 0. The SMILES string of the molecule is CCC1=CN=C2C(C(=O)N(C)C(=O)N2C)C1=Nc1ccc(Oc2ccccc2)cc1. The van der Waals surface area contributed by atoms with Gasteiger partial charge in [0, 0.05) is 20.3 Å². The number of rotatable bonds is 4. The van der Waals surface area contributed by atoms with Crippen LogP contribution in [0.5, 0.6) is 11.5 Å². The normalized spacial score (nSPS) is 20.1. The molecule has 1 fully saturated rings. The van der Waals surface area contributed by atoms with E-state index in [1.165, 1.54) is 11.9 Å². The average molecular weight is 402 g/mol. The Balaban J connectivity index is 1.66. The van der Waals surface area contributed by atoms with Crippen molar-refractivity contribution in [1.82, 2.24) is 9.80 Å². The summed E-state index contributed by atoms with van der Waals surface area (Å²) < 4.78 is 5.82. The maximum absolute atomic E-state index is 12.9. The first kappa shape index (κ1) is 19.6. The Morgan fingerprint density at radius 2 is 1.63 bits per heavy atom. The number of hydrogen-bond acceptors (Lipinski definition) is 5. The zero-order valence-corrected chi connectivity index (χ0v) is 17.1. The number of aliphatic imine (C=N–C) groups is 2. The zero-order valence-electron chi connectivity index (χ0n) is 17.1. The maximum Gasteiger partial charge on any atom is 0.331 e. The van der Waals surface area contributed by atoms with E-state index in [-0.39, 0.29) is 5.91 Å². The first-order valence-electron chi connectivity index (χ1n) is 9.73. The van der Waals surface area contributed by atoms with E-state index in [9.17, 15) is 9.59 Å². The van der Waals surface area contributed by atoms with Crippen molar-refractivity contribution in [3.63, 3.8) is 0 Å². The number of benzene rings is 2. The maximum atomic E-state index is 12.9. The number of allylic oxidation sites excluding steroid dienone is 1. The van der Waals surface area contributed by atoms with E-state index >= 15 is 0 Å². The molecule has 30 heavy (non-hydrogen) atoms. The van der Waals surface area contributed by atoms with Crippen LogP contribution in [-0.2, 0) is 4.79 Å². The Morgan fingerprint density at radius 3 is 2.30 bits per heavy atom. The van der Waals surface area contributed by atoms with E-state index in [0.29, 0.717) is 29.4 Å². The molecule has 0 aromatic heterocycles. The lowest BCUT2D eigenvalue weighted by molar-refractivity contribution is -0.128. The molecule has 0 bridgehead atoms. The van der Waals surface area contributed by atoms with Gasteiger partial charge >= 0.3 is 6.03 Å².